The first-order chi connectivity index (χ1) is 18.6. The molecule has 1 aromatic carbocycles. The van der Waals surface area contributed by atoms with Crippen LogP contribution in [0.15, 0.2) is 84.4 Å². The summed E-state index contributed by atoms with van der Waals surface area (Å²) in [5, 5.41) is 1.96. The number of nitrogens with two attached hydrogens (primary N) is 1. The van der Waals surface area contributed by atoms with E-state index in [1.807, 2.05) is 43.3 Å². The summed E-state index contributed by atoms with van der Waals surface area (Å²) in [5.74, 6) is 4.74. The Morgan fingerprint density at radius 3 is 2.56 bits per heavy atom. The molecule has 0 spiro atoms. The zero-order valence-corrected chi connectivity index (χ0v) is 24.2. The van der Waals surface area contributed by atoms with Crippen LogP contribution < -0.4 is 26.6 Å². The van der Waals surface area contributed by atoms with Gasteiger partial charge in [0.05, 0.1) is 11.4 Å². The average Bonchev–Trinajstić information content (AvgIpc) is 2.95. The highest BCUT2D eigenvalue weighted by Gasteiger charge is 2.25. The van der Waals surface area contributed by atoms with Crippen LogP contribution in [0.5, 0.6) is 0 Å². The number of anilines is 2. The van der Waals surface area contributed by atoms with Crippen molar-refractivity contribution < 1.29 is 0 Å². The van der Waals surface area contributed by atoms with E-state index >= 15 is 0 Å². The maximum Gasteiger partial charge on any atom is 0.134 e. The zero-order chi connectivity index (χ0) is 28.7. The molecule has 0 saturated heterocycles. The molecule has 6 nitrogen and oxygen atoms in total. The quantitative estimate of drug-likeness (QED) is 0.189. The molecule has 4 N–H and O–H groups in total. The van der Waals surface area contributed by atoms with Gasteiger partial charge >= 0.3 is 0 Å². The summed E-state index contributed by atoms with van der Waals surface area (Å²) in [5.41, 5.74) is 21.6. The molecule has 1 aliphatic heterocycles. The van der Waals surface area contributed by atoms with Crippen LogP contribution in [0.3, 0.4) is 0 Å². The van der Waals surface area contributed by atoms with Crippen molar-refractivity contribution >= 4 is 22.7 Å². The number of terminal acetylenes is 1. The Labute approximate surface area is 234 Å². The van der Waals surface area contributed by atoms with Gasteiger partial charge in [-0.05, 0) is 86.2 Å². The molecule has 2 aromatic rings. The first-order valence-corrected chi connectivity index (χ1v) is 13.4. The second-order valence-electron chi connectivity index (χ2n) is 10.2. The lowest BCUT2D eigenvalue weighted by Crippen LogP contribution is -2.50. The molecule has 1 aliphatic rings. The average molecular weight is 523 g/mol. The fourth-order valence-electron chi connectivity index (χ4n) is 4.71. The number of nitrogens with zero attached hydrogens (tertiary/aromatic N) is 3. The third kappa shape index (κ3) is 6.45. The van der Waals surface area contributed by atoms with Gasteiger partial charge in [-0.1, -0.05) is 62.8 Å². The summed E-state index contributed by atoms with van der Waals surface area (Å²) in [6, 6.07) is 12.3. The van der Waals surface area contributed by atoms with Gasteiger partial charge in [0, 0.05) is 24.7 Å². The van der Waals surface area contributed by atoms with Gasteiger partial charge in [0.25, 0.3) is 0 Å². The van der Waals surface area contributed by atoms with Crippen LogP contribution in [0, 0.1) is 25.2 Å². The number of hydrazine groups is 2. The number of allylic oxidation sites excluding steroid dienone is 6. The summed E-state index contributed by atoms with van der Waals surface area (Å²) in [7, 11) is 1.98. The topological polar surface area (TPSA) is 69.5 Å². The van der Waals surface area contributed by atoms with Gasteiger partial charge in [-0.3, -0.25) is 10.4 Å². The first kappa shape index (κ1) is 29.3. The Morgan fingerprint density at radius 1 is 1.23 bits per heavy atom. The number of rotatable bonds is 10. The Hall–Kier alpha value is -4.21. The molecule has 0 atom stereocenters. The van der Waals surface area contributed by atoms with Gasteiger partial charge in [0.15, 0.2) is 0 Å². The minimum Gasteiger partial charge on any atom is -0.404 e. The van der Waals surface area contributed by atoms with E-state index in [4.69, 9.17) is 17.1 Å². The van der Waals surface area contributed by atoms with E-state index in [0.717, 1.165) is 59.0 Å². The molecular weight excluding hydrogens is 480 g/mol. The number of nitrogens with one attached hydrogen (secondary N) is 2. The lowest BCUT2D eigenvalue weighted by atomic mass is 9.91. The largest absolute Gasteiger partial charge is 0.404 e. The Bertz CT molecular complexity index is 1370. The molecule has 1 aromatic heterocycles. The van der Waals surface area contributed by atoms with Crippen molar-refractivity contribution in [3.8, 4) is 12.3 Å². The molecule has 204 valence electrons. The standard InChI is InChI=1S/C33H42N6/c1-10-23(5)32-29(27(11-2)26(8)22(3)4)18-19-31(35-32)39-20-14-16-28(25(7)21-34)33(39)36-37-38(9)30-17-13-12-15-24(30)6/h1,11-13,15,17-19,21-22,36-37H,2,5,14,16,20,34H2,3-4,6-9H3/b25-21-,27-26+. The van der Waals surface area contributed by atoms with Gasteiger partial charge in [0.2, 0.25) is 0 Å². The number of hydrogen-bond acceptors (Lipinski definition) is 6. The number of benzene rings is 1. The Kier molecular flexibility index (Phi) is 9.81. The van der Waals surface area contributed by atoms with E-state index in [0.29, 0.717) is 17.2 Å². The molecular formula is C33H42N6. The highest BCUT2D eigenvalue weighted by molar-refractivity contribution is 5.88. The van der Waals surface area contributed by atoms with Gasteiger partial charge in [0.1, 0.15) is 11.6 Å². The zero-order valence-electron chi connectivity index (χ0n) is 24.2. The maximum absolute atomic E-state index is 5.98. The molecule has 0 aliphatic carbocycles. The van der Waals surface area contributed by atoms with Gasteiger partial charge in [-0.25, -0.2) is 4.98 Å². The van der Waals surface area contributed by atoms with Crippen molar-refractivity contribution in [2.24, 2.45) is 11.7 Å². The molecule has 39 heavy (non-hydrogen) atoms. The number of aromatic nitrogens is 1. The second kappa shape index (κ2) is 13.0. The molecule has 0 radical (unpaired) electrons. The minimum atomic E-state index is 0.357. The van der Waals surface area contributed by atoms with E-state index in [-0.39, 0.29) is 0 Å². The first-order valence-electron chi connectivity index (χ1n) is 13.4. The third-order valence-electron chi connectivity index (χ3n) is 7.31. The summed E-state index contributed by atoms with van der Waals surface area (Å²) < 4.78 is 0. The highest BCUT2D eigenvalue weighted by atomic mass is 15.7. The Balaban J connectivity index is 2.10. The second-order valence-corrected chi connectivity index (χ2v) is 10.2. The predicted octanol–water partition coefficient (Wildman–Crippen LogP) is 6.47. The number of para-hydroxylation sites is 1. The summed E-state index contributed by atoms with van der Waals surface area (Å²) in [6.07, 6.45) is 11.2. The molecule has 0 fully saturated rings. The molecule has 0 bridgehead atoms. The van der Waals surface area contributed by atoms with Crippen molar-refractivity contribution in [3.05, 3.63) is 101 Å². The summed E-state index contributed by atoms with van der Waals surface area (Å²) in [4.78, 5) is 7.26. The van der Waals surface area contributed by atoms with Gasteiger partial charge in [-0.2, -0.15) is 0 Å². The number of pyridine rings is 1. The summed E-state index contributed by atoms with van der Waals surface area (Å²) >= 11 is 0. The lowest BCUT2D eigenvalue weighted by molar-refractivity contribution is 0.544. The molecule has 0 unspecified atom stereocenters. The lowest BCUT2D eigenvalue weighted by Gasteiger charge is -2.36. The van der Waals surface area contributed by atoms with Crippen LogP contribution in [0.1, 0.15) is 57.4 Å². The van der Waals surface area contributed by atoms with Gasteiger partial charge < -0.3 is 10.6 Å². The molecule has 3 rings (SSSR count). The van der Waals surface area contributed by atoms with Crippen molar-refractivity contribution in [1.29, 1.82) is 0 Å². The van der Waals surface area contributed by atoms with Crippen LogP contribution in [0.4, 0.5) is 11.5 Å². The molecule has 6 heteroatoms. The van der Waals surface area contributed by atoms with Crippen molar-refractivity contribution in [2.75, 3.05) is 23.5 Å². The van der Waals surface area contributed by atoms with Crippen LogP contribution in [-0.4, -0.2) is 18.6 Å². The minimum absolute atomic E-state index is 0.357. The van der Waals surface area contributed by atoms with E-state index < -0.39 is 0 Å². The van der Waals surface area contributed by atoms with E-state index in [1.54, 1.807) is 6.20 Å². The normalized spacial score (nSPS) is 14.6. The van der Waals surface area contributed by atoms with E-state index in [1.165, 1.54) is 11.1 Å². The van der Waals surface area contributed by atoms with Crippen LogP contribution in [-0.2, 0) is 0 Å². The SMILES string of the molecule is C#CC(=C)c1nc(N2CCCC(/C(C)=C\N)=C2NNN(C)c2ccccc2C)ccc1/C(C=C)=C(\C)C(C)C. The Morgan fingerprint density at radius 2 is 1.95 bits per heavy atom. The van der Waals surface area contributed by atoms with Crippen LogP contribution in [0.25, 0.3) is 11.1 Å². The van der Waals surface area contributed by atoms with Gasteiger partial charge in [-0.15, -0.1) is 12.0 Å². The molecule has 2 heterocycles. The smallest absolute Gasteiger partial charge is 0.134 e. The van der Waals surface area contributed by atoms with Crippen molar-refractivity contribution in [3.63, 3.8) is 0 Å². The molecule has 0 amide bonds. The predicted molar refractivity (Wildman–Crippen MR) is 167 cm³/mol. The van der Waals surface area contributed by atoms with Crippen LogP contribution >= 0.6 is 0 Å². The van der Waals surface area contributed by atoms with E-state index in [2.05, 4.69) is 80.8 Å². The summed E-state index contributed by atoms with van der Waals surface area (Å²) in [6.45, 7) is 19.6. The van der Waals surface area contributed by atoms with Crippen molar-refractivity contribution in [2.45, 2.75) is 47.5 Å². The maximum atomic E-state index is 5.98. The highest BCUT2D eigenvalue weighted by Crippen LogP contribution is 2.34. The van der Waals surface area contributed by atoms with Crippen LogP contribution in [0.2, 0.25) is 0 Å². The fourth-order valence-corrected chi connectivity index (χ4v) is 4.71. The number of aryl methyl sites for hydroxylation is 1. The molecule has 0 saturated carbocycles. The number of hydrogen-bond donors (Lipinski definition) is 3. The fraction of sp³-hybridized carbons (Fsp3) is 0.303. The van der Waals surface area contributed by atoms with Crippen molar-refractivity contribution in [1.82, 2.24) is 15.9 Å². The monoisotopic (exact) mass is 522 g/mol. The third-order valence-corrected chi connectivity index (χ3v) is 7.31. The van der Waals surface area contributed by atoms with E-state index in [9.17, 15) is 0 Å².